The van der Waals surface area contributed by atoms with E-state index >= 15 is 0 Å². The average molecular weight is 233 g/mol. The van der Waals surface area contributed by atoms with Gasteiger partial charge in [-0.15, -0.1) is 0 Å². The molecule has 2 nitrogen and oxygen atoms in total. The van der Waals surface area contributed by atoms with Gasteiger partial charge in [0.15, 0.2) is 0 Å². The Kier molecular flexibility index (Phi) is 4.76. The minimum absolute atomic E-state index is 0.170. The molecule has 2 N–H and O–H groups in total. The molecule has 0 radical (unpaired) electrons. The summed E-state index contributed by atoms with van der Waals surface area (Å²) in [6, 6.07) is 7.28. The average Bonchev–Trinajstić information content (AvgIpc) is 2.23. The topological polar surface area (TPSA) is 35.2 Å². The van der Waals surface area contributed by atoms with Gasteiger partial charge in [0, 0.05) is 6.54 Å². The summed E-state index contributed by atoms with van der Waals surface area (Å²) in [4.78, 5) is 0. The van der Waals surface area contributed by atoms with Gasteiger partial charge >= 0.3 is 6.18 Å². The van der Waals surface area contributed by atoms with E-state index in [1.54, 1.807) is 6.07 Å². The van der Waals surface area contributed by atoms with Crippen molar-refractivity contribution in [3.05, 3.63) is 35.4 Å². The predicted octanol–water partition coefficient (Wildman–Crippen LogP) is 2.61. The zero-order valence-corrected chi connectivity index (χ0v) is 8.76. The Bertz CT molecular complexity index is 325. The van der Waals surface area contributed by atoms with Crippen LogP contribution in [0.25, 0.3) is 0 Å². The molecule has 0 heterocycles. The van der Waals surface area contributed by atoms with Gasteiger partial charge in [-0.2, -0.15) is 13.2 Å². The first-order valence-electron chi connectivity index (χ1n) is 4.94. The summed E-state index contributed by atoms with van der Waals surface area (Å²) >= 11 is 0. The van der Waals surface area contributed by atoms with E-state index in [2.05, 4.69) is 0 Å². The first-order chi connectivity index (χ1) is 7.53. The first kappa shape index (κ1) is 13.0. The lowest BCUT2D eigenvalue weighted by Gasteiger charge is -2.09. The minimum Gasteiger partial charge on any atom is -0.376 e. The molecule has 0 aliphatic carbocycles. The maximum Gasteiger partial charge on any atom is 0.391 e. The van der Waals surface area contributed by atoms with Crippen LogP contribution in [0.1, 0.15) is 17.5 Å². The molecular weight excluding hydrogens is 219 g/mol. The molecule has 0 spiro atoms. The van der Waals surface area contributed by atoms with Crippen LogP contribution in [0.15, 0.2) is 24.3 Å². The Hall–Kier alpha value is -1.07. The van der Waals surface area contributed by atoms with Gasteiger partial charge in [-0.25, -0.2) is 0 Å². The zero-order valence-electron chi connectivity index (χ0n) is 8.76. The highest BCUT2D eigenvalue weighted by atomic mass is 19.4. The van der Waals surface area contributed by atoms with Gasteiger partial charge in [0.1, 0.15) is 0 Å². The smallest absolute Gasteiger partial charge is 0.376 e. The third-order valence-corrected chi connectivity index (χ3v) is 2.13. The van der Waals surface area contributed by atoms with Gasteiger partial charge in [0.25, 0.3) is 0 Å². The summed E-state index contributed by atoms with van der Waals surface area (Å²) in [6.07, 6.45) is -5.08. The molecule has 1 aromatic rings. The molecular formula is C11H14F3NO. The fourth-order valence-corrected chi connectivity index (χ4v) is 1.27. The number of hydrogen-bond donors (Lipinski definition) is 1. The molecule has 0 saturated heterocycles. The van der Waals surface area contributed by atoms with Crippen molar-refractivity contribution in [1.29, 1.82) is 0 Å². The van der Waals surface area contributed by atoms with Crippen LogP contribution in [-0.2, 0) is 17.9 Å². The van der Waals surface area contributed by atoms with Crippen molar-refractivity contribution in [2.75, 3.05) is 6.61 Å². The number of hydrogen-bond acceptors (Lipinski definition) is 2. The van der Waals surface area contributed by atoms with E-state index < -0.39 is 12.6 Å². The molecule has 1 aromatic carbocycles. The Balaban J connectivity index is 2.37. The SMILES string of the molecule is NCc1ccccc1COCCC(F)(F)F. The van der Waals surface area contributed by atoms with Crippen molar-refractivity contribution in [2.45, 2.75) is 25.7 Å². The molecule has 5 heteroatoms. The third kappa shape index (κ3) is 4.63. The third-order valence-electron chi connectivity index (χ3n) is 2.13. The van der Waals surface area contributed by atoms with Crippen LogP contribution < -0.4 is 5.73 Å². The maximum atomic E-state index is 11.8. The molecule has 1 rings (SSSR count). The molecule has 0 saturated carbocycles. The van der Waals surface area contributed by atoms with Crippen LogP contribution >= 0.6 is 0 Å². The van der Waals surface area contributed by atoms with Gasteiger partial charge in [-0.3, -0.25) is 0 Å². The van der Waals surface area contributed by atoms with Crippen molar-refractivity contribution in [3.8, 4) is 0 Å². The standard InChI is InChI=1S/C11H14F3NO/c12-11(13,14)5-6-16-8-10-4-2-1-3-9(10)7-15/h1-4H,5-8,15H2. The van der Waals surface area contributed by atoms with Crippen molar-refractivity contribution in [3.63, 3.8) is 0 Å². The lowest BCUT2D eigenvalue weighted by Crippen LogP contribution is -2.12. The molecule has 0 bridgehead atoms. The summed E-state index contributed by atoms with van der Waals surface area (Å²) < 4.78 is 40.4. The number of benzene rings is 1. The minimum atomic E-state index is -4.16. The largest absolute Gasteiger partial charge is 0.391 e. The van der Waals surface area contributed by atoms with E-state index in [9.17, 15) is 13.2 Å². The molecule has 0 atom stereocenters. The maximum absolute atomic E-state index is 11.8. The summed E-state index contributed by atoms with van der Waals surface area (Å²) in [6.45, 7) is 0.213. The fourth-order valence-electron chi connectivity index (χ4n) is 1.27. The van der Waals surface area contributed by atoms with E-state index in [4.69, 9.17) is 10.5 Å². The predicted molar refractivity (Wildman–Crippen MR) is 54.7 cm³/mol. The van der Waals surface area contributed by atoms with Crippen LogP contribution in [0.5, 0.6) is 0 Å². The molecule has 90 valence electrons. The zero-order chi connectivity index (χ0) is 12.0. The second-order valence-electron chi connectivity index (χ2n) is 3.39. The number of ether oxygens (including phenoxy) is 1. The summed E-state index contributed by atoms with van der Waals surface area (Å²) in [7, 11) is 0. The van der Waals surface area contributed by atoms with Gasteiger partial charge in [-0.05, 0) is 11.1 Å². The van der Waals surface area contributed by atoms with Crippen LogP contribution in [0.3, 0.4) is 0 Å². The van der Waals surface area contributed by atoms with E-state index in [0.29, 0.717) is 6.54 Å². The van der Waals surface area contributed by atoms with E-state index in [1.165, 1.54) is 0 Å². The lowest BCUT2D eigenvalue weighted by atomic mass is 10.1. The van der Waals surface area contributed by atoms with Crippen molar-refractivity contribution >= 4 is 0 Å². The van der Waals surface area contributed by atoms with Crippen LogP contribution in [-0.4, -0.2) is 12.8 Å². The van der Waals surface area contributed by atoms with E-state index in [-0.39, 0.29) is 13.2 Å². The molecule has 0 fully saturated rings. The van der Waals surface area contributed by atoms with Gasteiger partial charge in [0.2, 0.25) is 0 Å². The van der Waals surface area contributed by atoms with E-state index in [0.717, 1.165) is 11.1 Å². The monoisotopic (exact) mass is 233 g/mol. The molecule has 0 aromatic heterocycles. The molecule has 0 amide bonds. The normalized spacial score (nSPS) is 11.8. The highest BCUT2D eigenvalue weighted by molar-refractivity contribution is 5.26. The summed E-state index contributed by atoms with van der Waals surface area (Å²) in [5.74, 6) is 0. The lowest BCUT2D eigenvalue weighted by molar-refractivity contribution is -0.146. The Morgan fingerprint density at radius 1 is 1.12 bits per heavy atom. The van der Waals surface area contributed by atoms with Crippen LogP contribution in [0.2, 0.25) is 0 Å². The molecule has 16 heavy (non-hydrogen) atoms. The quantitative estimate of drug-likeness (QED) is 0.793. The molecule has 0 unspecified atom stereocenters. The Labute approximate surface area is 92.2 Å². The second-order valence-corrected chi connectivity index (χ2v) is 3.39. The van der Waals surface area contributed by atoms with Crippen LogP contribution in [0.4, 0.5) is 13.2 Å². The highest BCUT2D eigenvalue weighted by Gasteiger charge is 2.26. The number of nitrogens with two attached hydrogens (primary N) is 1. The number of rotatable bonds is 5. The van der Waals surface area contributed by atoms with Gasteiger partial charge in [0.05, 0.1) is 19.6 Å². The van der Waals surface area contributed by atoms with Crippen molar-refractivity contribution in [1.82, 2.24) is 0 Å². The Morgan fingerprint density at radius 2 is 1.75 bits per heavy atom. The highest BCUT2D eigenvalue weighted by Crippen LogP contribution is 2.19. The summed E-state index contributed by atoms with van der Waals surface area (Å²) in [5, 5.41) is 0. The molecule has 0 aliphatic rings. The van der Waals surface area contributed by atoms with Gasteiger partial charge in [-0.1, -0.05) is 24.3 Å². The summed E-state index contributed by atoms with van der Waals surface area (Å²) in [5.41, 5.74) is 7.23. The number of alkyl halides is 3. The first-order valence-corrected chi connectivity index (χ1v) is 4.94. The number of halogens is 3. The van der Waals surface area contributed by atoms with Crippen molar-refractivity contribution in [2.24, 2.45) is 5.73 Å². The van der Waals surface area contributed by atoms with Gasteiger partial charge < -0.3 is 10.5 Å². The second kappa shape index (κ2) is 5.86. The van der Waals surface area contributed by atoms with Crippen molar-refractivity contribution < 1.29 is 17.9 Å². The fraction of sp³-hybridized carbons (Fsp3) is 0.455. The van der Waals surface area contributed by atoms with Crippen LogP contribution in [0, 0.1) is 0 Å². The van der Waals surface area contributed by atoms with E-state index in [1.807, 2.05) is 18.2 Å². The molecule has 0 aliphatic heterocycles. The Morgan fingerprint density at radius 3 is 2.31 bits per heavy atom.